The number of nitrogens with zero attached hydrogens (tertiary/aromatic N) is 1. The van der Waals surface area contributed by atoms with E-state index in [0.717, 1.165) is 50.6 Å². The van der Waals surface area contributed by atoms with Crippen LogP contribution in [0.1, 0.15) is 40.7 Å². The molecule has 0 aliphatic carbocycles. The SMILES string of the molecule is O=C(c1ccc(CNS(=O)(=O)c2cccc(C(F)(F)F)c2)cc1)N1CCCCC1. The van der Waals surface area contributed by atoms with Crippen LogP contribution in [0.3, 0.4) is 0 Å². The van der Waals surface area contributed by atoms with Crippen molar-refractivity contribution in [1.29, 1.82) is 0 Å². The molecule has 9 heteroatoms. The molecule has 0 saturated carbocycles. The lowest BCUT2D eigenvalue weighted by atomic mass is 10.1. The summed E-state index contributed by atoms with van der Waals surface area (Å²) in [6, 6.07) is 10.1. The Kier molecular flexibility index (Phi) is 6.28. The molecule has 1 fully saturated rings. The largest absolute Gasteiger partial charge is 0.416 e. The Morgan fingerprint density at radius 2 is 1.66 bits per heavy atom. The smallest absolute Gasteiger partial charge is 0.339 e. The third-order valence-electron chi connectivity index (χ3n) is 4.78. The summed E-state index contributed by atoms with van der Waals surface area (Å²) in [6.45, 7) is 1.37. The second-order valence-corrected chi connectivity index (χ2v) is 8.67. The zero-order valence-electron chi connectivity index (χ0n) is 15.6. The van der Waals surface area contributed by atoms with Crippen molar-refractivity contribution in [3.05, 3.63) is 65.2 Å². The number of hydrogen-bond acceptors (Lipinski definition) is 3. The second kappa shape index (κ2) is 8.54. The Hall–Kier alpha value is -2.39. The van der Waals surface area contributed by atoms with Crippen LogP contribution in [0.4, 0.5) is 13.2 Å². The minimum Gasteiger partial charge on any atom is -0.339 e. The Bertz CT molecular complexity index is 967. The van der Waals surface area contributed by atoms with Crippen LogP contribution >= 0.6 is 0 Å². The van der Waals surface area contributed by atoms with Gasteiger partial charge in [0.15, 0.2) is 0 Å². The first-order valence-corrected chi connectivity index (χ1v) is 10.7. The molecular weight excluding hydrogens is 405 g/mol. The summed E-state index contributed by atoms with van der Waals surface area (Å²) in [5, 5.41) is 0. The molecule has 1 N–H and O–H groups in total. The fourth-order valence-electron chi connectivity index (χ4n) is 3.15. The van der Waals surface area contributed by atoms with Crippen molar-refractivity contribution in [3.63, 3.8) is 0 Å². The molecule has 5 nitrogen and oxygen atoms in total. The number of likely N-dealkylation sites (tertiary alicyclic amines) is 1. The van der Waals surface area contributed by atoms with Crippen LogP contribution in [-0.4, -0.2) is 32.3 Å². The minimum absolute atomic E-state index is 0.0548. The van der Waals surface area contributed by atoms with E-state index in [9.17, 15) is 26.4 Å². The number of hydrogen-bond donors (Lipinski definition) is 1. The van der Waals surface area contributed by atoms with Gasteiger partial charge in [0.2, 0.25) is 10.0 Å². The molecular formula is C20H21F3N2O3S. The predicted octanol–water partition coefficient (Wildman–Crippen LogP) is 3.81. The van der Waals surface area contributed by atoms with Crippen molar-refractivity contribution in [3.8, 4) is 0 Å². The number of amides is 1. The molecule has 1 heterocycles. The van der Waals surface area contributed by atoms with E-state index >= 15 is 0 Å². The predicted molar refractivity (Wildman–Crippen MR) is 102 cm³/mol. The molecule has 0 aromatic heterocycles. The minimum atomic E-state index is -4.62. The van der Waals surface area contributed by atoms with Gasteiger partial charge < -0.3 is 4.90 Å². The number of halogens is 3. The highest BCUT2D eigenvalue weighted by atomic mass is 32.2. The summed E-state index contributed by atoms with van der Waals surface area (Å²) in [6.07, 6.45) is -1.53. The molecule has 1 aliphatic heterocycles. The van der Waals surface area contributed by atoms with Crippen LogP contribution in [0, 0.1) is 0 Å². The number of alkyl halides is 3. The fourth-order valence-corrected chi connectivity index (χ4v) is 4.21. The summed E-state index contributed by atoms with van der Waals surface area (Å²) in [7, 11) is -4.11. The molecule has 29 heavy (non-hydrogen) atoms. The highest BCUT2D eigenvalue weighted by Crippen LogP contribution is 2.30. The molecule has 2 aromatic carbocycles. The molecule has 156 valence electrons. The van der Waals surface area contributed by atoms with Gasteiger partial charge in [0, 0.05) is 25.2 Å². The number of nitrogens with one attached hydrogen (secondary N) is 1. The lowest BCUT2D eigenvalue weighted by Gasteiger charge is -2.26. The summed E-state index contributed by atoms with van der Waals surface area (Å²) < 4.78 is 65.3. The van der Waals surface area contributed by atoms with Crippen LogP contribution in [0.25, 0.3) is 0 Å². The van der Waals surface area contributed by atoms with Gasteiger partial charge in [-0.25, -0.2) is 13.1 Å². The number of rotatable bonds is 5. The van der Waals surface area contributed by atoms with Gasteiger partial charge in [-0.1, -0.05) is 18.2 Å². The standard InChI is InChI=1S/C20H21F3N2O3S/c21-20(22,23)17-5-4-6-18(13-17)29(27,28)24-14-15-7-9-16(10-8-15)19(26)25-11-2-1-3-12-25/h4-10,13,24H,1-3,11-12,14H2. The maximum absolute atomic E-state index is 12.8. The Morgan fingerprint density at radius 1 is 1.00 bits per heavy atom. The maximum atomic E-state index is 12.8. The van der Waals surface area contributed by atoms with Gasteiger partial charge in [0.1, 0.15) is 0 Å². The number of sulfonamides is 1. The average molecular weight is 426 g/mol. The topological polar surface area (TPSA) is 66.5 Å². The molecule has 2 aromatic rings. The van der Waals surface area contributed by atoms with E-state index in [2.05, 4.69) is 4.72 Å². The normalized spacial score (nSPS) is 15.3. The Balaban J connectivity index is 1.65. The van der Waals surface area contributed by atoms with Crippen LogP contribution in [-0.2, 0) is 22.7 Å². The first-order valence-electron chi connectivity index (χ1n) is 9.22. The molecule has 1 amide bonds. The first-order chi connectivity index (χ1) is 13.7. The maximum Gasteiger partial charge on any atom is 0.416 e. The highest BCUT2D eigenvalue weighted by molar-refractivity contribution is 7.89. The van der Waals surface area contributed by atoms with Gasteiger partial charge >= 0.3 is 6.18 Å². The van der Waals surface area contributed by atoms with Gasteiger partial charge in [0.05, 0.1) is 10.5 Å². The number of carbonyl (C=O) groups excluding carboxylic acids is 1. The number of carbonyl (C=O) groups is 1. The number of benzene rings is 2. The van der Waals surface area contributed by atoms with E-state index in [1.165, 1.54) is 0 Å². The van der Waals surface area contributed by atoms with Crippen molar-refractivity contribution in [2.75, 3.05) is 13.1 Å². The molecule has 3 rings (SSSR count). The van der Waals surface area contributed by atoms with E-state index in [1.807, 2.05) is 0 Å². The van der Waals surface area contributed by atoms with Crippen molar-refractivity contribution in [1.82, 2.24) is 9.62 Å². The second-order valence-electron chi connectivity index (χ2n) is 6.90. The van der Waals surface area contributed by atoms with Crippen LogP contribution < -0.4 is 4.72 Å². The van der Waals surface area contributed by atoms with Crippen LogP contribution in [0.15, 0.2) is 53.4 Å². The van der Waals surface area contributed by atoms with Gasteiger partial charge in [-0.3, -0.25) is 4.79 Å². The van der Waals surface area contributed by atoms with Crippen molar-refractivity contribution < 1.29 is 26.4 Å². The van der Waals surface area contributed by atoms with Crippen molar-refractivity contribution in [2.45, 2.75) is 36.9 Å². The fraction of sp³-hybridized carbons (Fsp3) is 0.350. The lowest BCUT2D eigenvalue weighted by Crippen LogP contribution is -2.35. The monoisotopic (exact) mass is 426 g/mol. The van der Waals surface area contributed by atoms with Gasteiger partial charge in [-0.05, 0) is 55.2 Å². The third-order valence-corrected chi connectivity index (χ3v) is 6.18. The van der Waals surface area contributed by atoms with Gasteiger partial charge in [-0.2, -0.15) is 13.2 Å². The molecule has 0 unspecified atom stereocenters. The van der Waals surface area contributed by atoms with E-state index in [-0.39, 0.29) is 12.5 Å². The number of piperidine rings is 1. The Labute approximate surface area is 167 Å². The molecule has 1 aliphatic rings. The summed E-state index contributed by atoms with van der Waals surface area (Å²) in [5.74, 6) is -0.0548. The van der Waals surface area contributed by atoms with E-state index < -0.39 is 26.7 Å². The van der Waals surface area contributed by atoms with E-state index in [1.54, 1.807) is 29.2 Å². The molecule has 0 bridgehead atoms. The summed E-state index contributed by atoms with van der Waals surface area (Å²) >= 11 is 0. The van der Waals surface area contributed by atoms with Crippen LogP contribution in [0.2, 0.25) is 0 Å². The molecule has 0 radical (unpaired) electrons. The highest BCUT2D eigenvalue weighted by Gasteiger charge is 2.31. The summed E-state index contributed by atoms with van der Waals surface area (Å²) in [4.78, 5) is 13.8. The van der Waals surface area contributed by atoms with Crippen LogP contribution in [0.5, 0.6) is 0 Å². The lowest BCUT2D eigenvalue weighted by molar-refractivity contribution is -0.137. The first kappa shape index (κ1) is 21.3. The molecule has 0 atom stereocenters. The van der Waals surface area contributed by atoms with E-state index in [4.69, 9.17) is 0 Å². The van der Waals surface area contributed by atoms with Gasteiger partial charge in [-0.15, -0.1) is 0 Å². The quantitative estimate of drug-likeness (QED) is 0.791. The van der Waals surface area contributed by atoms with Crippen molar-refractivity contribution in [2.24, 2.45) is 0 Å². The third kappa shape index (κ3) is 5.36. The summed E-state index contributed by atoms with van der Waals surface area (Å²) in [5.41, 5.74) is 0.0908. The zero-order valence-corrected chi connectivity index (χ0v) is 16.4. The average Bonchev–Trinajstić information content (AvgIpc) is 2.72. The zero-order chi connectivity index (χ0) is 21.1. The van der Waals surface area contributed by atoms with E-state index in [0.29, 0.717) is 17.2 Å². The Morgan fingerprint density at radius 3 is 2.28 bits per heavy atom. The molecule has 0 spiro atoms. The molecule has 1 saturated heterocycles. The van der Waals surface area contributed by atoms with Gasteiger partial charge in [0.25, 0.3) is 5.91 Å². The van der Waals surface area contributed by atoms with Crippen molar-refractivity contribution >= 4 is 15.9 Å².